The average molecular weight is 494 g/mol. The third kappa shape index (κ3) is 7.35. The molecule has 8 nitrogen and oxygen atoms in total. The molecule has 3 rings (SSSR count). The molecule has 1 aromatic heterocycles. The summed E-state index contributed by atoms with van der Waals surface area (Å²) >= 11 is 0. The fourth-order valence-electron chi connectivity index (χ4n) is 2.90. The number of amides is 2. The predicted octanol–water partition coefficient (Wildman–Crippen LogP) is 4.32. The van der Waals surface area contributed by atoms with Crippen molar-refractivity contribution in [3.05, 3.63) is 71.4 Å². The maximum atomic E-state index is 13.4. The zero-order chi connectivity index (χ0) is 25.6. The molecule has 1 heterocycles. The molecule has 0 bridgehead atoms. The van der Waals surface area contributed by atoms with E-state index in [-0.39, 0.29) is 36.2 Å². The molecule has 0 aliphatic rings. The van der Waals surface area contributed by atoms with Gasteiger partial charge in [-0.15, -0.1) is 0 Å². The van der Waals surface area contributed by atoms with Crippen LogP contribution in [0, 0.1) is 11.6 Å². The number of halogens is 5. The quantitative estimate of drug-likeness (QED) is 0.275. The number of anilines is 4. The molecular weight excluding hydrogens is 475 g/mol. The zero-order valence-corrected chi connectivity index (χ0v) is 18.1. The fourth-order valence-corrected chi connectivity index (χ4v) is 2.90. The molecule has 4 N–H and O–H groups in total. The van der Waals surface area contributed by atoms with Crippen LogP contribution in [0.2, 0.25) is 0 Å². The fraction of sp³-hybridized carbons (Fsp3) is 0.182. The maximum absolute atomic E-state index is 13.4. The van der Waals surface area contributed by atoms with Gasteiger partial charge in [0.05, 0.1) is 0 Å². The van der Waals surface area contributed by atoms with Crippen molar-refractivity contribution >= 4 is 35.0 Å². The summed E-state index contributed by atoms with van der Waals surface area (Å²) in [6.45, 7) is 1.35. The first-order valence-electron chi connectivity index (χ1n) is 10.1. The van der Waals surface area contributed by atoms with Crippen LogP contribution in [0.1, 0.15) is 22.8 Å². The first-order valence-corrected chi connectivity index (χ1v) is 10.1. The highest BCUT2D eigenvalue weighted by molar-refractivity contribution is 6.04. The lowest BCUT2D eigenvalue weighted by molar-refractivity contribution is -0.137. The lowest BCUT2D eigenvalue weighted by Gasteiger charge is -2.15. The van der Waals surface area contributed by atoms with Crippen LogP contribution < -0.4 is 21.3 Å². The van der Waals surface area contributed by atoms with E-state index in [1.54, 1.807) is 6.07 Å². The first kappa shape index (κ1) is 25.3. The third-order valence-electron chi connectivity index (χ3n) is 4.39. The zero-order valence-electron chi connectivity index (χ0n) is 18.1. The van der Waals surface area contributed by atoms with E-state index in [2.05, 4.69) is 31.2 Å². The summed E-state index contributed by atoms with van der Waals surface area (Å²) in [7, 11) is 0. The molecule has 0 aliphatic heterocycles. The van der Waals surface area contributed by atoms with E-state index in [9.17, 15) is 31.5 Å². The Hall–Kier alpha value is -4.29. The standard InChI is InChI=1S/C22H19F5N6O2/c1-12(34)28-5-6-29-19-18(22(25,26)27)11-30-21(33-19)32-17-4-2-3-16(10-17)31-20(35)13-7-14(23)9-15(24)8-13/h2-4,7-11H,5-6H2,1H3,(H,28,34)(H,31,35)(H2,29,30,32,33). The Labute approximate surface area is 196 Å². The van der Waals surface area contributed by atoms with Gasteiger partial charge in [-0.1, -0.05) is 6.07 Å². The first-order chi connectivity index (χ1) is 16.5. The Morgan fingerprint density at radius 1 is 0.971 bits per heavy atom. The highest BCUT2D eigenvalue weighted by Gasteiger charge is 2.35. The van der Waals surface area contributed by atoms with Crippen molar-refractivity contribution in [3.8, 4) is 0 Å². The molecule has 0 saturated carbocycles. The van der Waals surface area contributed by atoms with E-state index in [4.69, 9.17) is 0 Å². The second kappa shape index (κ2) is 10.8. The number of carbonyl (C=O) groups excluding carboxylic acids is 2. The molecule has 0 atom stereocenters. The molecular formula is C22H19F5N6O2. The van der Waals surface area contributed by atoms with Gasteiger partial charge in [0.15, 0.2) is 0 Å². The number of benzene rings is 2. The summed E-state index contributed by atoms with van der Waals surface area (Å²) in [4.78, 5) is 30.8. The molecule has 0 aliphatic carbocycles. The van der Waals surface area contributed by atoms with Gasteiger partial charge in [-0.2, -0.15) is 18.2 Å². The SMILES string of the molecule is CC(=O)NCCNc1nc(Nc2cccc(NC(=O)c3cc(F)cc(F)c3)c2)ncc1C(F)(F)F. The van der Waals surface area contributed by atoms with E-state index in [0.29, 0.717) is 18.0 Å². The van der Waals surface area contributed by atoms with Crippen LogP contribution in [0.15, 0.2) is 48.7 Å². The average Bonchev–Trinajstić information content (AvgIpc) is 2.75. The number of rotatable bonds is 8. The number of nitrogens with one attached hydrogen (secondary N) is 4. The number of hydrogen-bond donors (Lipinski definition) is 4. The lowest BCUT2D eigenvalue weighted by atomic mass is 10.2. The van der Waals surface area contributed by atoms with Gasteiger partial charge in [-0.05, 0) is 30.3 Å². The van der Waals surface area contributed by atoms with Crippen molar-refractivity contribution < 1.29 is 31.5 Å². The van der Waals surface area contributed by atoms with Gasteiger partial charge in [0.1, 0.15) is 23.0 Å². The molecule has 0 fully saturated rings. The van der Waals surface area contributed by atoms with Crippen molar-refractivity contribution in [2.24, 2.45) is 0 Å². The number of nitrogens with zero attached hydrogens (tertiary/aromatic N) is 2. The summed E-state index contributed by atoms with van der Waals surface area (Å²) in [5.74, 6) is -3.58. The minimum Gasteiger partial charge on any atom is -0.368 e. The van der Waals surface area contributed by atoms with Crippen LogP contribution in [0.3, 0.4) is 0 Å². The van der Waals surface area contributed by atoms with Gasteiger partial charge in [0, 0.05) is 49.2 Å². The third-order valence-corrected chi connectivity index (χ3v) is 4.39. The number of aromatic nitrogens is 2. The van der Waals surface area contributed by atoms with Gasteiger partial charge in [0.2, 0.25) is 11.9 Å². The van der Waals surface area contributed by atoms with Crippen LogP contribution in [0.25, 0.3) is 0 Å². The molecule has 0 spiro atoms. The van der Waals surface area contributed by atoms with E-state index >= 15 is 0 Å². The largest absolute Gasteiger partial charge is 0.421 e. The monoisotopic (exact) mass is 494 g/mol. The minimum atomic E-state index is -4.71. The Morgan fingerprint density at radius 2 is 1.66 bits per heavy atom. The molecule has 0 radical (unpaired) electrons. The topological polar surface area (TPSA) is 108 Å². The van der Waals surface area contributed by atoms with Crippen LogP contribution in [0.5, 0.6) is 0 Å². The molecule has 13 heteroatoms. The van der Waals surface area contributed by atoms with Crippen molar-refractivity contribution in [2.75, 3.05) is 29.0 Å². The van der Waals surface area contributed by atoms with E-state index < -0.39 is 35.1 Å². The second-order valence-electron chi connectivity index (χ2n) is 7.18. The van der Waals surface area contributed by atoms with Gasteiger partial charge < -0.3 is 21.3 Å². The van der Waals surface area contributed by atoms with Crippen molar-refractivity contribution in [2.45, 2.75) is 13.1 Å². The normalized spacial score (nSPS) is 11.0. The van der Waals surface area contributed by atoms with E-state index in [0.717, 1.165) is 12.1 Å². The molecule has 0 saturated heterocycles. The maximum Gasteiger partial charge on any atom is 0.421 e. The highest BCUT2D eigenvalue weighted by atomic mass is 19.4. The van der Waals surface area contributed by atoms with Crippen LogP contribution >= 0.6 is 0 Å². The molecule has 184 valence electrons. The van der Waals surface area contributed by atoms with Crippen LogP contribution in [-0.4, -0.2) is 34.9 Å². The van der Waals surface area contributed by atoms with E-state index in [1.165, 1.54) is 25.1 Å². The van der Waals surface area contributed by atoms with Gasteiger partial charge in [-0.3, -0.25) is 9.59 Å². The molecule has 2 aromatic carbocycles. The van der Waals surface area contributed by atoms with E-state index in [1.807, 2.05) is 0 Å². The number of hydrogen-bond acceptors (Lipinski definition) is 6. The summed E-state index contributed by atoms with van der Waals surface area (Å²) in [5, 5.41) is 10.2. The van der Waals surface area contributed by atoms with Gasteiger partial charge in [0.25, 0.3) is 5.91 Å². The Bertz CT molecular complexity index is 1210. The molecule has 35 heavy (non-hydrogen) atoms. The Kier molecular flexibility index (Phi) is 7.79. The Balaban J connectivity index is 1.75. The van der Waals surface area contributed by atoms with Crippen molar-refractivity contribution in [1.29, 1.82) is 0 Å². The molecule has 3 aromatic rings. The van der Waals surface area contributed by atoms with Crippen molar-refractivity contribution in [1.82, 2.24) is 15.3 Å². The summed E-state index contributed by atoms with van der Waals surface area (Å²) < 4.78 is 66.7. The summed E-state index contributed by atoms with van der Waals surface area (Å²) in [6.07, 6.45) is -4.10. The minimum absolute atomic E-state index is 0.0126. The smallest absolute Gasteiger partial charge is 0.368 e. The lowest BCUT2D eigenvalue weighted by Crippen LogP contribution is -2.27. The molecule has 0 unspecified atom stereocenters. The predicted molar refractivity (Wildman–Crippen MR) is 118 cm³/mol. The number of carbonyl (C=O) groups is 2. The van der Waals surface area contributed by atoms with Crippen LogP contribution in [0.4, 0.5) is 45.1 Å². The Morgan fingerprint density at radius 3 is 2.31 bits per heavy atom. The van der Waals surface area contributed by atoms with Crippen molar-refractivity contribution in [3.63, 3.8) is 0 Å². The summed E-state index contributed by atoms with van der Waals surface area (Å²) in [5.41, 5.74) is -0.765. The van der Waals surface area contributed by atoms with Crippen LogP contribution in [-0.2, 0) is 11.0 Å². The second-order valence-corrected chi connectivity index (χ2v) is 7.18. The van der Waals surface area contributed by atoms with Gasteiger partial charge in [-0.25, -0.2) is 13.8 Å². The molecule has 2 amide bonds. The van der Waals surface area contributed by atoms with Gasteiger partial charge >= 0.3 is 6.18 Å². The number of alkyl halides is 3. The highest BCUT2D eigenvalue weighted by Crippen LogP contribution is 2.34. The summed E-state index contributed by atoms with van der Waals surface area (Å²) in [6, 6.07) is 8.38.